The number of pyridine rings is 1. The predicted octanol–water partition coefficient (Wildman–Crippen LogP) is 2.50. The van der Waals surface area contributed by atoms with Crippen LogP contribution in [0.25, 0.3) is 5.65 Å². The van der Waals surface area contributed by atoms with E-state index >= 15 is 0 Å². The number of fused-ring (bicyclic) bond motifs is 3. The largest absolute Gasteiger partial charge is 0.350 e. The van der Waals surface area contributed by atoms with E-state index in [1.54, 1.807) is 0 Å². The lowest BCUT2D eigenvalue weighted by Crippen LogP contribution is -2.54. The summed E-state index contributed by atoms with van der Waals surface area (Å²) in [6.45, 7) is 9.86. The van der Waals surface area contributed by atoms with Crippen LogP contribution in [0.15, 0.2) is 24.4 Å². The van der Waals surface area contributed by atoms with E-state index in [9.17, 15) is 9.59 Å². The first-order valence-electron chi connectivity index (χ1n) is 12.1. The van der Waals surface area contributed by atoms with Crippen molar-refractivity contribution in [2.24, 2.45) is 23.2 Å². The summed E-state index contributed by atoms with van der Waals surface area (Å²) in [5.74, 6) is 2.17. The van der Waals surface area contributed by atoms with Gasteiger partial charge < -0.3 is 15.5 Å². The molecular weight excluding hydrogens is 402 g/mol. The molecule has 0 radical (unpaired) electrons. The molecule has 2 bridgehead atoms. The Morgan fingerprint density at radius 2 is 2.12 bits per heavy atom. The molecule has 7 nitrogen and oxygen atoms in total. The highest BCUT2D eigenvalue weighted by molar-refractivity contribution is 5.93. The van der Waals surface area contributed by atoms with E-state index in [0.29, 0.717) is 34.4 Å². The minimum atomic E-state index is -0.0685. The second-order valence-corrected chi connectivity index (χ2v) is 10.7. The van der Waals surface area contributed by atoms with Crippen molar-refractivity contribution in [2.75, 3.05) is 26.2 Å². The van der Waals surface area contributed by atoms with Crippen LogP contribution in [-0.4, -0.2) is 58.3 Å². The quantitative estimate of drug-likeness (QED) is 0.753. The minimum Gasteiger partial charge on any atom is -0.350 e. The molecule has 3 heterocycles. The Bertz CT molecular complexity index is 1030. The third kappa shape index (κ3) is 3.81. The number of hydrogen-bond acceptors (Lipinski definition) is 4. The first-order valence-corrected chi connectivity index (χ1v) is 12.1. The van der Waals surface area contributed by atoms with E-state index < -0.39 is 0 Å². The van der Waals surface area contributed by atoms with E-state index in [2.05, 4.69) is 36.4 Å². The SMILES string of the molecule is C[C@H]1CN(C(=O)Cc2cn3c(C(=O)NC[C@@H]4CC[C@@H]5C[C@H]4C5(C)C)cccc3n2)CCN1. The van der Waals surface area contributed by atoms with Gasteiger partial charge in [0.2, 0.25) is 5.91 Å². The normalized spacial score (nSPS) is 28.9. The lowest BCUT2D eigenvalue weighted by molar-refractivity contribution is -0.131. The monoisotopic (exact) mass is 437 g/mol. The van der Waals surface area contributed by atoms with Crippen LogP contribution < -0.4 is 10.6 Å². The number of hydrogen-bond donors (Lipinski definition) is 2. The van der Waals surface area contributed by atoms with E-state index in [-0.39, 0.29) is 18.2 Å². The van der Waals surface area contributed by atoms with E-state index in [1.165, 1.54) is 19.3 Å². The van der Waals surface area contributed by atoms with Gasteiger partial charge >= 0.3 is 0 Å². The van der Waals surface area contributed by atoms with Crippen molar-refractivity contribution < 1.29 is 9.59 Å². The molecule has 7 heteroatoms. The van der Waals surface area contributed by atoms with Gasteiger partial charge in [0, 0.05) is 38.4 Å². The smallest absolute Gasteiger partial charge is 0.268 e. The molecule has 3 aliphatic carbocycles. The van der Waals surface area contributed by atoms with Crippen LogP contribution in [0.3, 0.4) is 0 Å². The van der Waals surface area contributed by atoms with E-state index in [1.807, 2.05) is 33.7 Å². The molecule has 1 saturated heterocycles. The highest BCUT2D eigenvalue weighted by atomic mass is 16.2. The van der Waals surface area contributed by atoms with Crippen LogP contribution in [0.5, 0.6) is 0 Å². The summed E-state index contributed by atoms with van der Waals surface area (Å²) in [4.78, 5) is 32.3. The molecule has 0 unspecified atom stereocenters. The van der Waals surface area contributed by atoms with Crippen LogP contribution in [0.4, 0.5) is 0 Å². The molecule has 2 amide bonds. The van der Waals surface area contributed by atoms with Crippen LogP contribution in [0.2, 0.25) is 0 Å². The van der Waals surface area contributed by atoms with Crippen LogP contribution in [0, 0.1) is 23.2 Å². The van der Waals surface area contributed by atoms with Crippen LogP contribution in [-0.2, 0) is 11.2 Å². The molecule has 4 aliphatic rings. The highest BCUT2D eigenvalue weighted by Gasteiger charge is 2.53. The third-order valence-electron chi connectivity index (χ3n) is 8.35. The molecule has 1 aliphatic heterocycles. The van der Waals surface area contributed by atoms with Gasteiger partial charge in [-0.1, -0.05) is 19.9 Å². The number of carbonyl (C=O) groups is 2. The number of piperazine rings is 1. The van der Waals surface area contributed by atoms with Gasteiger partial charge in [0.05, 0.1) is 12.1 Å². The van der Waals surface area contributed by atoms with Crippen molar-refractivity contribution >= 4 is 17.5 Å². The fraction of sp³-hybridized carbons (Fsp3) is 0.640. The number of imidazole rings is 1. The van der Waals surface area contributed by atoms with Gasteiger partial charge in [-0.2, -0.15) is 0 Å². The molecule has 6 rings (SSSR count). The standard InChI is InChI=1S/C25H35N5O2/c1-16-14-29(10-9-26-16)23(31)12-19-15-30-21(5-4-6-22(30)28-19)24(32)27-13-17-7-8-18-11-20(17)25(18,2)3/h4-6,15-18,20,26H,7-14H2,1-3H3,(H,27,32)/t16-,17-,18+,20+/m0/s1. The van der Waals surface area contributed by atoms with Gasteiger partial charge in [-0.05, 0) is 61.5 Å². The average molecular weight is 438 g/mol. The van der Waals surface area contributed by atoms with Gasteiger partial charge in [0.1, 0.15) is 11.3 Å². The van der Waals surface area contributed by atoms with E-state index in [0.717, 1.165) is 38.0 Å². The molecule has 4 atom stereocenters. The zero-order valence-corrected chi connectivity index (χ0v) is 19.4. The first kappa shape index (κ1) is 21.4. The summed E-state index contributed by atoms with van der Waals surface area (Å²) in [5.41, 5.74) is 2.40. The molecule has 2 N–H and O–H groups in total. The maximum atomic E-state index is 13.1. The second kappa shape index (κ2) is 8.18. The molecule has 0 spiro atoms. The molecule has 172 valence electrons. The summed E-state index contributed by atoms with van der Waals surface area (Å²) in [7, 11) is 0. The fourth-order valence-corrected chi connectivity index (χ4v) is 6.28. The number of carbonyl (C=O) groups excluding carboxylic acids is 2. The summed E-state index contributed by atoms with van der Waals surface area (Å²) in [6, 6.07) is 5.89. The maximum Gasteiger partial charge on any atom is 0.268 e. The third-order valence-corrected chi connectivity index (χ3v) is 8.35. The maximum absolute atomic E-state index is 13.1. The fourth-order valence-electron chi connectivity index (χ4n) is 6.28. The Labute approximate surface area is 190 Å². The van der Waals surface area contributed by atoms with Crippen LogP contribution in [0.1, 0.15) is 56.2 Å². The molecular formula is C25H35N5O2. The highest BCUT2D eigenvalue weighted by Crippen LogP contribution is 2.61. The molecule has 2 aromatic heterocycles. The molecule has 2 aromatic rings. The van der Waals surface area contributed by atoms with Crippen molar-refractivity contribution in [3.05, 3.63) is 35.8 Å². The second-order valence-electron chi connectivity index (χ2n) is 10.7. The van der Waals surface area contributed by atoms with E-state index in [4.69, 9.17) is 0 Å². The van der Waals surface area contributed by atoms with Gasteiger partial charge in [-0.25, -0.2) is 4.98 Å². The first-order chi connectivity index (χ1) is 15.3. The Balaban J connectivity index is 1.26. The lowest BCUT2D eigenvalue weighted by atomic mass is 9.45. The Morgan fingerprint density at radius 3 is 2.88 bits per heavy atom. The van der Waals surface area contributed by atoms with Crippen molar-refractivity contribution in [1.29, 1.82) is 0 Å². The summed E-state index contributed by atoms with van der Waals surface area (Å²) in [5, 5.41) is 6.55. The number of amides is 2. The molecule has 32 heavy (non-hydrogen) atoms. The van der Waals surface area contributed by atoms with Gasteiger partial charge in [0.25, 0.3) is 5.91 Å². The van der Waals surface area contributed by atoms with Crippen molar-refractivity contribution in [1.82, 2.24) is 24.9 Å². The topological polar surface area (TPSA) is 78.7 Å². The Hall–Kier alpha value is -2.41. The summed E-state index contributed by atoms with van der Waals surface area (Å²) in [6.07, 6.45) is 5.91. The van der Waals surface area contributed by atoms with Crippen molar-refractivity contribution in [2.45, 2.75) is 52.5 Å². The summed E-state index contributed by atoms with van der Waals surface area (Å²) < 4.78 is 1.82. The zero-order chi connectivity index (χ0) is 22.5. The molecule has 4 fully saturated rings. The average Bonchev–Trinajstić information content (AvgIpc) is 3.19. The number of nitrogens with one attached hydrogen (secondary N) is 2. The van der Waals surface area contributed by atoms with Crippen molar-refractivity contribution in [3.63, 3.8) is 0 Å². The number of rotatable bonds is 5. The number of nitrogens with zero attached hydrogens (tertiary/aromatic N) is 3. The minimum absolute atomic E-state index is 0.0685. The van der Waals surface area contributed by atoms with Gasteiger partial charge in [-0.3, -0.25) is 14.0 Å². The zero-order valence-electron chi connectivity index (χ0n) is 19.4. The lowest BCUT2D eigenvalue weighted by Gasteiger charge is -2.60. The van der Waals surface area contributed by atoms with Crippen LogP contribution >= 0.6 is 0 Å². The molecule has 3 saturated carbocycles. The predicted molar refractivity (Wildman–Crippen MR) is 123 cm³/mol. The molecule has 0 aromatic carbocycles. The van der Waals surface area contributed by atoms with Gasteiger partial charge in [-0.15, -0.1) is 0 Å². The number of aromatic nitrogens is 2. The Kier molecular flexibility index (Phi) is 5.48. The van der Waals surface area contributed by atoms with Gasteiger partial charge in [0.15, 0.2) is 0 Å². The van der Waals surface area contributed by atoms with Crippen molar-refractivity contribution in [3.8, 4) is 0 Å². The summed E-state index contributed by atoms with van der Waals surface area (Å²) >= 11 is 0. The Morgan fingerprint density at radius 1 is 1.28 bits per heavy atom.